The van der Waals surface area contributed by atoms with Crippen LogP contribution in [-0.2, 0) is 0 Å². The first-order chi connectivity index (χ1) is 9.99. The van der Waals surface area contributed by atoms with Gasteiger partial charge in [-0.15, -0.1) is 0 Å². The van der Waals surface area contributed by atoms with Crippen LogP contribution in [0.4, 0.5) is 8.78 Å². The summed E-state index contributed by atoms with van der Waals surface area (Å²) in [6.45, 7) is 1.95. The van der Waals surface area contributed by atoms with Gasteiger partial charge in [-0.2, -0.15) is 0 Å². The van der Waals surface area contributed by atoms with E-state index in [1.807, 2.05) is 25.1 Å². The normalized spacial score (nSPS) is 12.3. The van der Waals surface area contributed by atoms with Crippen molar-refractivity contribution in [3.8, 4) is 5.75 Å². The highest BCUT2D eigenvalue weighted by atomic mass is 79.9. The van der Waals surface area contributed by atoms with Gasteiger partial charge in [-0.1, -0.05) is 12.1 Å². The van der Waals surface area contributed by atoms with Gasteiger partial charge in [-0.3, -0.25) is 0 Å². The molecule has 21 heavy (non-hydrogen) atoms. The van der Waals surface area contributed by atoms with Gasteiger partial charge >= 0.3 is 0 Å². The van der Waals surface area contributed by atoms with Gasteiger partial charge in [0.1, 0.15) is 5.75 Å². The second-order valence-corrected chi connectivity index (χ2v) is 5.50. The first-order valence-corrected chi connectivity index (χ1v) is 7.24. The SMILES string of the molecule is CNC(c1ccc(OC)cc1C)c1ccc(F)c(F)c1Br. The third-order valence-electron chi connectivity index (χ3n) is 3.45. The predicted molar refractivity (Wildman–Crippen MR) is 82.7 cm³/mol. The Morgan fingerprint density at radius 3 is 2.38 bits per heavy atom. The molecule has 0 saturated carbocycles. The summed E-state index contributed by atoms with van der Waals surface area (Å²) in [7, 11) is 3.39. The molecule has 2 rings (SSSR count). The zero-order valence-electron chi connectivity index (χ0n) is 12.0. The average Bonchev–Trinajstić information content (AvgIpc) is 2.49. The lowest BCUT2D eigenvalue weighted by molar-refractivity contribution is 0.414. The Labute approximate surface area is 131 Å². The molecule has 0 amide bonds. The Hall–Kier alpha value is -1.46. The topological polar surface area (TPSA) is 21.3 Å². The number of ether oxygens (including phenoxy) is 1. The summed E-state index contributed by atoms with van der Waals surface area (Å²) in [5.41, 5.74) is 2.63. The lowest BCUT2D eigenvalue weighted by Crippen LogP contribution is -2.19. The maximum atomic E-state index is 13.8. The molecule has 0 aromatic heterocycles. The molecule has 0 aliphatic carbocycles. The van der Waals surface area contributed by atoms with Gasteiger partial charge in [-0.25, -0.2) is 8.78 Å². The van der Waals surface area contributed by atoms with Gasteiger partial charge < -0.3 is 10.1 Å². The molecule has 0 aliphatic heterocycles. The number of rotatable bonds is 4. The van der Waals surface area contributed by atoms with Crippen molar-refractivity contribution in [2.24, 2.45) is 0 Å². The summed E-state index contributed by atoms with van der Waals surface area (Å²) in [6.07, 6.45) is 0. The van der Waals surface area contributed by atoms with E-state index in [-0.39, 0.29) is 10.5 Å². The van der Waals surface area contributed by atoms with Crippen LogP contribution < -0.4 is 10.1 Å². The number of halogens is 3. The van der Waals surface area contributed by atoms with Crippen molar-refractivity contribution in [2.75, 3.05) is 14.2 Å². The fraction of sp³-hybridized carbons (Fsp3) is 0.250. The van der Waals surface area contributed by atoms with Crippen LogP contribution >= 0.6 is 15.9 Å². The fourth-order valence-corrected chi connectivity index (χ4v) is 2.89. The summed E-state index contributed by atoms with van der Waals surface area (Å²) in [4.78, 5) is 0. The first kappa shape index (κ1) is 15.9. The third-order valence-corrected chi connectivity index (χ3v) is 4.26. The summed E-state index contributed by atoms with van der Waals surface area (Å²) >= 11 is 3.14. The monoisotopic (exact) mass is 355 g/mol. The summed E-state index contributed by atoms with van der Waals surface area (Å²) in [5, 5.41) is 3.14. The van der Waals surface area contributed by atoms with Gasteiger partial charge in [0, 0.05) is 0 Å². The maximum Gasteiger partial charge on any atom is 0.173 e. The highest BCUT2D eigenvalue weighted by molar-refractivity contribution is 9.10. The summed E-state index contributed by atoms with van der Waals surface area (Å²) in [6, 6.07) is 8.14. The Morgan fingerprint density at radius 2 is 1.81 bits per heavy atom. The molecule has 5 heteroatoms. The minimum atomic E-state index is -0.876. The number of nitrogens with one attached hydrogen (secondary N) is 1. The van der Waals surface area contributed by atoms with Crippen LogP contribution in [0.1, 0.15) is 22.7 Å². The van der Waals surface area contributed by atoms with E-state index >= 15 is 0 Å². The van der Waals surface area contributed by atoms with Crippen molar-refractivity contribution < 1.29 is 13.5 Å². The van der Waals surface area contributed by atoms with E-state index in [4.69, 9.17) is 4.74 Å². The van der Waals surface area contributed by atoms with E-state index in [9.17, 15) is 8.78 Å². The number of benzene rings is 2. The largest absolute Gasteiger partial charge is 0.497 e. The smallest absolute Gasteiger partial charge is 0.173 e. The molecule has 0 fully saturated rings. The van der Waals surface area contributed by atoms with Crippen LogP contribution in [0.25, 0.3) is 0 Å². The minimum Gasteiger partial charge on any atom is -0.497 e. The Bertz CT molecular complexity index is 661. The molecule has 1 atom stereocenters. The lowest BCUT2D eigenvalue weighted by atomic mass is 9.95. The molecular weight excluding hydrogens is 340 g/mol. The van der Waals surface area contributed by atoms with Gasteiger partial charge in [-0.05, 0) is 64.8 Å². The second kappa shape index (κ2) is 6.54. The number of methoxy groups -OCH3 is 1. The third kappa shape index (κ3) is 3.09. The zero-order valence-corrected chi connectivity index (χ0v) is 13.6. The van der Waals surface area contributed by atoms with Gasteiger partial charge in [0.2, 0.25) is 0 Å². The molecule has 2 nitrogen and oxygen atoms in total. The van der Waals surface area contributed by atoms with Gasteiger partial charge in [0.15, 0.2) is 11.6 Å². The van der Waals surface area contributed by atoms with E-state index in [1.54, 1.807) is 20.2 Å². The second-order valence-electron chi connectivity index (χ2n) is 4.71. The molecule has 2 aromatic carbocycles. The fourth-order valence-electron chi connectivity index (χ4n) is 2.34. The Morgan fingerprint density at radius 1 is 1.14 bits per heavy atom. The highest BCUT2D eigenvalue weighted by Crippen LogP contribution is 2.33. The maximum absolute atomic E-state index is 13.8. The molecule has 0 aliphatic rings. The highest BCUT2D eigenvalue weighted by Gasteiger charge is 2.20. The lowest BCUT2D eigenvalue weighted by Gasteiger charge is -2.21. The van der Waals surface area contributed by atoms with Crippen LogP contribution in [-0.4, -0.2) is 14.2 Å². The van der Waals surface area contributed by atoms with Crippen molar-refractivity contribution in [1.29, 1.82) is 0 Å². The predicted octanol–water partition coefficient (Wildman–Crippen LogP) is 4.35. The van der Waals surface area contributed by atoms with E-state index in [2.05, 4.69) is 21.2 Å². The molecular formula is C16H16BrF2NO. The number of aryl methyl sites for hydroxylation is 1. The quantitative estimate of drug-likeness (QED) is 0.823. The van der Waals surface area contributed by atoms with Crippen molar-refractivity contribution in [2.45, 2.75) is 13.0 Å². The van der Waals surface area contributed by atoms with Crippen molar-refractivity contribution in [3.63, 3.8) is 0 Å². The van der Waals surface area contributed by atoms with Crippen LogP contribution in [0.3, 0.4) is 0 Å². The molecule has 1 unspecified atom stereocenters. The van der Waals surface area contributed by atoms with Crippen LogP contribution in [0.15, 0.2) is 34.8 Å². The van der Waals surface area contributed by atoms with Crippen LogP contribution in [0.2, 0.25) is 0 Å². The Kier molecular flexibility index (Phi) is 4.96. The zero-order chi connectivity index (χ0) is 15.6. The van der Waals surface area contributed by atoms with E-state index in [0.29, 0.717) is 5.56 Å². The molecule has 1 N–H and O–H groups in total. The summed E-state index contributed by atoms with van der Waals surface area (Å²) < 4.78 is 32.3. The van der Waals surface area contributed by atoms with Crippen molar-refractivity contribution in [3.05, 3.63) is 63.1 Å². The molecule has 0 radical (unpaired) electrons. The summed E-state index contributed by atoms with van der Waals surface area (Å²) in [5.74, 6) is -0.985. The minimum absolute atomic E-state index is 0.136. The van der Waals surface area contributed by atoms with Crippen molar-refractivity contribution >= 4 is 15.9 Å². The number of hydrogen-bond donors (Lipinski definition) is 1. The van der Waals surface area contributed by atoms with E-state index < -0.39 is 11.6 Å². The molecule has 0 heterocycles. The Balaban J connectivity index is 2.52. The average molecular weight is 356 g/mol. The van der Waals surface area contributed by atoms with E-state index in [1.165, 1.54) is 0 Å². The van der Waals surface area contributed by atoms with Crippen LogP contribution in [0, 0.1) is 18.6 Å². The molecule has 2 aromatic rings. The first-order valence-electron chi connectivity index (χ1n) is 6.44. The van der Waals surface area contributed by atoms with Crippen LogP contribution in [0.5, 0.6) is 5.75 Å². The molecule has 112 valence electrons. The van der Waals surface area contributed by atoms with E-state index in [0.717, 1.165) is 22.9 Å². The van der Waals surface area contributed by atoms with Gasteiger partial charge in [0.25, 0.3) is 0 Å². The standard InChI is InChI=1S/C16H16BrF2NO/c1-9-8-10(21-3)4-5-11(9)16(20-2)12-6-7-13(18)15(19)14(12)17/h4-8,16,20H,1-3H3. The molecule has 0 spiro atoms. The number of hydrogen-bond acceptors (Lipinski definition) is 2. The molecule has 0 bridgehead atoms. The van der Waals surface area contributed by atoms with Crippen molar-refractivity contribution in [1.82, 2.24) is 5.32 Å². The molecule has 0 saturated heterocycles. The van der Waals surface area contributed by atoms with Gasteiger partial charge in [0.05, 0.1) is 17.6 Å².